The van der Waals surface area contributed by atoms with Gasteiger partial charge in [0.05, 0.1) is 12.2 Å². The number of carbonyl (C=O) groups is 1. The van der Waals surface area contributed by atoms with Gasteiger partial charge in [-0.1, -0.05) is 6.07 Å². The average molecular weight is 221 g/mol. The van der Waals surface area contributed by atoms with Crippen molar-refractivity contribution in [3.63, 3.8) is 0 Å². The molecule has 1 fully saturated rings. The summed E-state index contributed by atoms with van der Waals surface area (Å²) in [5.41, 5.74) is 0.378. The number of hydrogen-bond donors (Lipinski definition) is 2. The standard InChI is InChI=1S/C12H15NO3/c1-13-12(15)9-3-2-4-10(14)11(9)16-7-8-5-6-8/h2-4,8,14H,5-7H2,1H3,(H,13,15). The molecular formula is C12H15NO3. The second-order valence-corrected chi connectivity index (χ2v) is 3.99. The molecule has 1 aromatic carbocycles. The van der Waals surface area contributed by atoms with Crippen molar-refractivity contribution in [2.24, 2.45) is 5.92 Å². The van der Waals surface area contributed by atoms with Crippen LogP contribution >= 0.6 is 0 Å². The quantitative estimate of drug-likeness (QED) is 0.810. The molecule has 0 spiro atoms. The predicted octanol–water partition coefficient (Wildman–Crippen LogP) is 1.54. The molecule has 4 nitrogen and oxygen atoms in total. The van der Waals surface area contributed by atoms with Gasteiger partial charge in [0.2, 0.25) is 0 Å². The number of nitrogens with one attached hydrogen (secondary N) is 1. The van der Waals surface area contributed by atoms with E-state index in [0.717, 1.165) is 0 Å². The summed E-state index contributed by atoms with van der Waals surface area (Å²) < 4.78 is 5.50. The summed E-state index contributed by atoms with van der Waals surface area (Å²) in [5.74, 6) is 0.634. The molecule has 0 bridgehead atoms. The maximum Gasteiger partial charge on any atom is 0.254 e. The Morgan fingerprint density at radius 2 is 2.31 bits per heavy atom. The molecule has 4 heteroatoms. The summed E-state index contributed by atoms with van der Waals surface area (Å²) in [6.07, 6.45) is 2.34. The van der Waals surface area contributed by atoms with Gasteiger partial charge in [-0.3, -0.25) is 4.79 Å². The fourth-order valence-electron chi connectivity index (χ4n) is 1.48. The molecule has 0 saturated heterocycles. The highest BCUT2D eigenvalue weighted by molar-refractivity contribution is 5.97. The molecule has 2 N–H and O–H groups in total. The lowest BCUT2D eigenvalue weighted by atomic mass is 10.1. The number of carbonyl (C=O) groups excluding carboxylic acids is 1. The van der Waals surface area contributed by atoms with Crippen molar-refractivity contribution in [1.82, 2.24) is 5.32 Å². The third-order valence-electron chi connectivity index (χ3n) is 2.63. The SMILES string of the molecule is CNC(=O)c1cccc(O)c1OCC1CC1. The van der Waals surface area contributed by atoms with Crippen molar-refractivity contribution in [3.8, 4) is 11.5 Å². The van der Waals surface area contributed by atoms with Gasteiger partial charge in [0.1, 0.15) is 0 Å². The van der Waals surface area contributed by atoms with Crippen molar-refractivity contribution < 1.29 is 14.6 Å². The second kappa shape index (κ2) is 4.43. The molecule has 1 aliphatic rings. The van der Waals surface area contributed by atoms with E-state index >= 15 is 0 Å². The molecule has 1 saturated carbocycles. The van der Waals surface area contributed by atoms with Crippen LogP contribution in [-0.2, 0) is 0 Å². The molecular weight excluding hydrogens is 206 g/mol. The van der Waals surface area contributed by atoms with E-state index in [1.807, 2.05) is 0 Å². The maximum absolute atomic E-state index is 11.5. The number of phenolic OH excluding ortho intramolecular Hbond substituents is 1. The predicted molar refractivity (Wildman–Crippen MR) is 59.7 cm³/mol. The smallest absolute Gasteiger partial charge is 0.254 e. The monoisotopic (exact) mass is 221 g/mol. The number of aromatic hydroxyl groups is 1. The van der Waals surface area contributed by atoms with Crippen LogP contribution in [-0.4, -0.2) is 24.7 Å². The topological polar surface area (TPSA) is 58.6 Å². The fraction of sp³-hybridized carbons (Fsp3) is 0.417. The first-order valence-electron chi connectivity index (χ1n) is 5.39. The lowest BCUT2D eigenvalue weighted by Gasteiger charge is -2.11. The molecule has 0 atom stereocenters. The summed E-state index contributed by atoms with van der Waals surface area (Å²) in [7, 11) is 1.55. The van der Waals surface area contributed by atoms with Gasteiger partial charge in [-0.2, -0.15) is 0 Å². The highest BCUT2D eigenvalue weighted by Crippen LogP contribution is 2.34. The summed E-state index contributed by atoms with van der Waals surface area (Å²) in [6, 6.07) is 4.79. The molecule has 2 rings (SSSR count). The Hall–Kier alpha value is -1.71. The Morgan fingerprint density at radius 1 is 1.56 bits per heavy atom. The first kappa shape index (κ1) is 10.8. The Balaban J connectivity index is 2.20. The van der Waals surface area contributed by atoms with Gasteiger partial charge < -0.3 is 15.2 Å². The molecule has 1 amide bonds. The lowest BCUT2D eigenvalue weighted by molar-refractivity contribution is 0.0958. The van der Waals surface area contributed by atoms with Gasteiger partial charge in [-0.25, -0.2) is 0 Å². The van der Waals surface area contributed by atoms with Gasteiger partial charge >= 0.3 is 0 Å². The van der Waals surface area contributed by atoms with Crippen LogP contribution in [0.25, 0.3) is 0 Å². The molecule has 86 valence electrons. The van der Waals surface area contributed by atoms with Crippen LogP contribution in [0, 0.1) is 5.92 Å². The van der Waals surface area contributed by atoms with Crippen LogP contribution in [0.2, 0.25) is 0 Å². The lowest BCUT2D eigenvalue weighted by Crippen LogP contribution is -2.19. The Bertz CT molecular complexity index is 399. The van der Waals surface area contributed by atoms with Crippen LogP contribution < -0.4 is 10.1 Å². The maximum atomic E-state index is 11.5. The van der Waals surface area contributed by atoms with Gasteiger partial charge in [0.15, 0.2) is 11.5 Å². The van der Waals surface area contributed by atoms with E-state index in [1.165, 1.54) is 18.9 Å². The minimum absolute atomic E-state index is 0.0155. The number of ether oxygens (including phenoxy) is 1. The van der Waals surface area contributed by atoms with Crippen LogP contribution in [0.5, 0.6) is 11.5 Å². The van der Waals surface area contributed by atoms with Gasteiger partial charge in [-0.05, 0) is 30.9 Å². The zero-order valence-corrected chi connectivity index (χ0v) is 9.19. The number of phenols is 1. The summed E-state index contributed by atoms with van der Waals surface area (Å²) in [6.45, 7) is 0.571. The van der Waals surface area contributed by atoms with Crippen molar-refractivity contribution in [3.05, 3.63) is 23.8 Å². The van der Waals surface area contributed by atoms with E-state index < -0.39 is 0 Å². The van der Waals surface area contributed by atoms with Crippen LogP contribution in [0.3, 0.4) is 0 Å². The van der Waals surface area contributed by atoms with E-state index in [2.05, 4.69) is 5.32 Å². The number of amides is 1. The number of rotatable bonds is 4. The normalized spacial score (nSPS) is 14.6. The number of hydrogen-bond acceptors (Lipinski definition) is 3. The fourth-order valence-corrected chi connectivity index (χ4v) is 1.48. The molecule has 0 aromatic heterocycles. The largest absolute Gasteiger partial charge is 0.504 e. The van der Waals surface area contributed by atoms with E-state index in [9.17, 15) is 9.90 Å². The first-order valence-corrected chi connectivity index (χ1v) is 5.39. The second-order valence-electron chi connectivity index (χ2n) is 3.99. The van der Waals surface area contributed by atoms with Crippen LogP contribution in [0.1, 0.15) is 23.2 Å². The van der Waals surface area contributed by atoms with Crippen molar-refractivity contribution in [2.45, 2.75) is 12.8 Å². The van der Waals surface area contributed by atoms with Gasteiger partial charge in [-0.15, -0.1) is 0 Å². The zero-order valence-electron chi connectivity index (χ0n) is 9.19. The van der Waals surface area contributed by atoms with E-state index in [4.69, 9.17) is 4.74 Å². The third kappa shape index (κ3) is 2.27. The summed E-state index contributed by atoms with van der Waals surface area (Å²) >= 11 is 0. The highest BCUT2D eigenvalue weighted by Gasteiger charge is 2.24. The molecule has 16 heavy (non-hydrogen) atoms. The molecule has 0 heterocycles. The molecule has 1 aromatic rings. The van der Waals surface area contributed by atoms with Gasteiger partial charge in [0, 0.05) is 7.05 Å². The summed E-state index contributed by atoms with van der Waals surface area (Å²) in [4.78, 5) is 11.5. The number of para-hydroxylation sites is 1. The third-order valence-corrected chi connectivity index (χ3v) is 2.63. The Morgan fingerprint density at radius 3 is 2.94 bits per heavy atom. The zero-order chi connectivity index (χ0) is 11.5. The highest BCUT2D eigenvalue weighted by atomic mass is 16.5. The minimum Gasteiger partial charge on any atom is -0.504 e. The Kier molecular flexibility index (Phi) is 2.99. The Labute approximate surface area is 94.2 Å². The van der Waals surface area contributed by atoms with Crippen molar-refractivity contribution >= 4 is 5.91 Å². The molecule has 0 aliphatic heterocycles. The van der Waals surface area contributed by atoms with Crippen molar-refractivity contribution in [1.29, 1.82) is 0 Å². The van der Waals surface area contributed by atoms with Crippen molar-refractivity contribution in [2.75, 3.05) is 13.7 Å². The average Bonchev–Trinajstić information content (AvgIpc) is 3.10. The summed E-state index contributed by atoms with van der Waals surface area (Å²) in [5, 5.41) is 12.2. The minimum atomic E-state index is -0.248. The van der Waals surface area contributed by atoms with E-state index in [-0.39, 0.29) is 17.4 Å². The van der Waals surface area contributed by atoms with Crippen LogP contribution in [0.15, 0.2) is 18.2 Å². The van der Waals surface area contributed by atoms with E-state index in [1.54, 1.807) is 19.2 Å². The first-order chi connectivity index (χ1) is 7.72. The van der Waals surface area contributed by atoms with Gasteiger partial charge in [0.25, 0.3) is 5.91 Å². The van der Waals surface area contributed by atoms with E-state index in [0.29, 0.717) is 18.1 Å². The molecule has 1 aliphatic carbocycles. The number of benzene rings is 1. The van der Waals surface area contributed by atoms with Crippen LogP contribution in [0.4, 0.5) is 0 Å². The molecule has 0 radical (unpaired) electrons. The molecule has 0 unspecified atom stereocenters.